The molecule has 0 radical (unpaired) electrons. The summed E-state index contributed by atoms with van der Waals surface area (Å²) < 4.78 is 12.1. The van der Waals surface area contributed by atoms with Gasteiger partial charge in [0.15, 0.2) is 0 Å². The summed E-state index contributed by atoms with van der Waals surface area (Å²) in [5, 5.41) is 41.1. The molecule has 0 spiro atoms. The highest BCUT2D eigenvalue weighted by molar-refractivity contribution is 7.19. The van der Waals surface area contributed by atoms with Gasteiger partial charge < -0.3 is 35.4 Å². The summed E-state index contributed by atoms with van der Waals surface area (Å²) in [4.78, 5) is 43.8. The number of fused-ring (bicyclic) bond motifs is 2. The molecule has 3 aromatic carbocycles. The molecule has 11 nitrogen and oxygen atoms in total. The van der Waals surface area contributed by atoms with Gasteiger partial charge in [-0.25, -0.2) is 4.79 Å². The largest absolute Gasteiger partial charge is 0.461 e. The maximum atomic E-state index is 13.6. The standard InChI is InChI=1S/C47H57N3O8S/c1-47(2,3)58-46(56)49-28-38(45(55)50-35-19-18-34-27-48-23-22-32(34)24-35)31-16-14-30(15-17-31)29-57-44(54)13-7-5-4-6-11-36-37(41(53)26-40(36)52)20-21-39(51)43-25-33-10-8-9-12-42(33)59-43/h8-10,12,14-19,22-25,27,36-41,51-53H,4-7,11,13,20-21,26,28-29H2,1-3H3,(H,49,56)(H,50,55)/t36?,37-,38?,39-,40+,41-/m1/s1. The molecule has 0 saturated heterocycles. The number of amides is 2. The van der Waals surface area contributed by atoms with Crippen molar-refractivity contribution in [3.63, 3.8) is 0 Å². The van der Waals surface area contributed by atoms with Gasteiger partial charge in [0, 0.05) is 46.0 Å². The first-order chi connectivity index (χ1) is 28.3. The first-order valence-corrected chi connectivity index (χ1v) is 21.5. The van der Waals surface area contributed by atoms with Gasteiger partial charge >= 0.3 is 12.1 Å². The number of aromatic nitrogens is 1. The number of rotatable bonds is 18. The van der Waals surface area contributed by atoms with Crippen molar-refractivity contribution in [2.24, 2.45) is 11.8 Å². The fourth-order valence-corrected chi connectivity index (χ4v) is 9.06. The van der Waals surface area contributed by atoms with E-state index < -0.39 is 35.9 Å². The van der Waals surface area contributed by atoms with Crippen molar-refractivity contribution in [1.82, 2.24) is 10.3 Å². The highest BCUT2D eigenvalue weighted by atomic mass is 32.1. The number of thiophene rings is 1. The summed E-state index contributed by atoms with van der Waals surface area (Å²) in [6.07, 6.45) is 7.09. The Labute approximate surface area is 350 Å². The minimum absolute atomic E-state index is 0.00831. The quantitative estimate of drug-likeness (QED) is 0.0428. The van der Waals surface area contributed by atoms with Gasteiger partial charge in [-0.1, -0.05) is 67.8 Å². The lowest BCUT2D eigenvalue weighted by atomic mass is 9.84. The monoisotopic (exact) mass is 823 g/mol. The zero-order valence-electron chi connectivity index (χ0n) is 34.1. The molecule has 1 aliphatic rings. The Hall–Kier alpha value is -4.88. The van der Waals surface area contributed by atoms with E-state index in [9.17, 15) is 29.7 Å². The number of anilines is 1. The highest BCUT2D eigenvalue weighted by Crippen LogP contribution is 2.41. The molecule has 59 heavy (non-hydrogen) atoms. The van der Waals surface area contributed by atoms with Crippen LogP contribution in [0.1, 0.15) is 107 Å². The summed E-state index contributed by atoms with van der Waals surface area (Å²) in [5.74, 6) is -1.38. The van der Waals surface area contributed by atoms with E-state index in [-0.39, 0.29) is 36.9 Å². The average Bonchev–Trinajstić information content (AvgIpc) is 3.76. The molecule has 0 aliphatic heterocycles. The summed E-state index contributed by atoms with van der Waals surface area (Å²) in [7, 11) is 0. The molecule has 12 heteroatoms. The fourth-order valence-electron chi connectivity index (χ4n) is 7.98. The lowest BCUT2D eigenvalue weighted by Gasteiger charge is -2.24. The van der Waals surface area contributed by atoms with Gasteiger partial charge in [-0.3, -0.25) is 14.6 Å². The van der Waals surface area contributed by atoms with Crippen LogP contribution in [0.15, 0.2) is 91.3 Å². The number of nitrogens with one attached hydrogen (secondary N) is 2. The van der Waals surface area contributed by atoms with Crippen LogP contribution in [0.3, 0.4) is 0 Å². The van der Waals surface area contributed by atoms with Crippen LogP contribution >= 0.6 is 11.3 Å². The third-order valence-corrected chi connectivity index (χ3v) is 12.3. The number of nitrogens with zero attached hydrogens (tertiary/aromatic N) is 1. The van der Waals surface area contributed by atoms with Crippen LogP contribution in [0.5, 0.6) is 0 Å². The lowest BCUT2D eigenvalue weighted by molar-refractivity contribution is -0.145. The fraction of sp³-hybridized carbons (Fsp3) is 0.447. The molecule has 6 rings (SSSR count). The van der Waals surface area contributed by atoms with Crippen molar-refractivity contribution in [3.8, 4) is 0 Å². The third-order valence-electron chi connectivity index (χ3n) is 11.1. The molecule has 2 amide bonds. The predicted molar refractivity (Wildman–Crippen MR) is 231 cm³/mol. The topological polar surface area (TPSA) is 167 Å². The Balaban J connectivity index is 0.924. The zero-order valence-corrected chi connectivity index (χ0v) is 35.0. The number of esters is 1. The van der Waals surface area contributed by atoms with Gasteiger partial charge in [-0.15, -0.1) is 11.3 Å². The second kappa shape index (κ2) is 20.4. The van der Waals surface area contributed by atoms with Crippen molar-refractivity contribution in [1.29, 1.82) is 0 Å². The van der Waals surface area contributed by atoms with Crippen LogP contribution in [-0.2, 0) is 25.7 Å². The summed E-state index contributed by atoms with van der Waals surface area (Å²) in [6, 6.07) is 24.8. The predicted octanol–water partition coefficient (Wildman–Crippen LogP) is 8.95. The Morgan fingerprint density at radius 2 is 1.61 bits per heavy atom. The number of alkyl carbamates (subject to hydrolysis) is 1. The Morgan fingerprint density at radius 3 is 2.37 bits per heavy atom. The number of aliphatic hydroxyl groups excluding tert-OH is 3. The molecule has 2 unspecified atom stereocenters. The molecule has 314 valence electrons. The first kappa shape index (κ1) is 43.7. The summed E-state index contributed by atoms with van der Waals surface area (Å²) >= 11 is 1.60. The zero-order chi connectivity index (χ0) is 41.9. The lowest BCUT2D eigenvalue weighted by Crippen LogP contribution is -2.37. The SMILES string of the molecule is CC(C)(C)OC(=O)NCC(C(=O)Nc1ccc2cnccc2c1)c1ccc(COC(=O)CCCCCCC2[C@@H](CC[C@@H](O)c3cc4ccccc4s3)[C@H](O)C[C@@H]2O)cc1. The van der Waals surface area contributed by atoms with E-state index in [1.54, 1.807) is 56.6 Å². The molecule has 1 aliphatic carbocycles. The van der Waals surface area contributed by atoms with E-state index in [2.05, 4.69) is 21.7 Å². The number of ether oxygens (including phenoxy) is 2. The van der Waals surface area contributed by atoms with Crippen molar-refractivity contribution in [3.05, 3.63) is 107 Å². The molecule has 0 bridgehead atoms. The number of hydrogen-bond acceptors (Lipinski definition) is 10. The van der Waals surface area contributed by atoms with E-state index in [1.807, 2.05) is 60.7 Å². The van der Waals surface area contributed by atoms with Crippen LogP contribution in [0.4, 0.5) is 10.5 Å². The van der Waals surface area contributed by atoms with Crippen LogP contribution in [-0.4, -0.2) is 62.6 Å². The van der Waals surface area contributed by atoms with E-state index in [0.29, 0.717) is 43.4 Å². The molecule has 6 atom stereocenters. The Kier molecular flexibility index (Phi) is 15.1. The average molecular weight is 824 g/mol. The molecular formula is C47H57N3O8S. The van der Waals surface area contributed by atoms with Crippen molar-refractivity contribution < 1.29 is 39.2 Å². The van der Waals surface area contributed by atoms with E-state index >= 15 is 0 Å². The van der Waals surface area contributed by atoms with Gasteiger partial charge in [0.25, 0.3) is 0 Å². The number of benzene rings is 3. The maximum absolute atomic E-state index is 13.6. The second-order valence-electron chi connectivity index (χ2n) is 16.7. The number of carbonyl (C=O) groups is 3. The van der Waals surface area contributed by atoms with Crippen LogP contribution in [0, 0.1) is 11.8 Å². The van der Waals surface area contributed by atoms with E-state index in [4.69, 9.17) is 9.47 Å². The Morgan fingerprint density at radius 1 is 0.864 bits per heavy atom. The van der Waals surface area contributed by atoms with Crippen LogP contribution in [0.25, 0.3) is 20.9 Å². The van der Waals surface area contributed by atoms with Gasteiger partial charge in [0.2, 0.25) is 5.91 Å². The molecule has 5 aromatic rings. The third kappa shape index (κ3) is 12.6. The molecule has 2 aromatic heterocycles. The second-order valence-corrected chi connectivity index (χ2v) is 17.8. The van der Waals surface area contributed by atoms with Crippen molar-refractivity contribution in [2.45, 2.75) is 115 Å². The smallest absolute Gasteiger partial charge is 0.407 e. The minimum atomic E-state index is -0.731. The number of aliphatic hydroxyl groups is 3. The number of carbonyl (C=O) groups excluding carboxylic acids is 3. The van der Waals surface area contributed by atoms with Crippen molar-refractivity contribution >= 4 is 55.9 Å². The molecule has 2 heterocycles. The molecule has 1 fully saturated rings. The molecule has 1 saturated carbocycles. The highest BCUT2D eigenvalue weighted by Gasteiger charge is 2.41. The Bertz CT molecular complexity index is 2130. The summed E-state index contributed by atoms with van der Waals surface area (Å²) in [5.41, 5.74) is 1.37. The van der Waals surface area contributed by atoms with Gasteiger partial charge in [-0.05, 0) is 117 Å². The first-order valence-electron chi connectivity index (χ1n) is 20.7. The summed E-state index contributed by atoms with van der Waals surface area (Å²) in [6.45, 7) is 5.42. The van der Waals surface area contributed by atoms with E-state index in [0.717, 1.165) is 57.0 Å². The maximum Gasteiger partial charge on any atom is 0.407 e. The van der Waals surface area contributed by atoms with E-state index in [1.165, 1.54) is 0 Å². The molecular weight excluding hydrogens is 767 g/mol. The number of hydrogen-bond donors (Lipinski definition) is 5. The molecule has 5 N–H and O–H groups in total. The number of pyridine rings is 1. The normalized spacial score (nSPS) is 19.0. The number of unbranched alkanes of at least 4 members (excludes halogenated alkanes) is 3. The van der Waals surface area contributed by atoms with Crippen LogP contribution < -0.4 is 10.6 Å². The van der Waals surface area contributed by atoms with Crippen LogP contribution in [0.2, 0.25) is 0 Å². The van der Waals surface area contributed by atoms with Gasteiger partial charge in [-0.2, -0.15) is 0 Å². The van der Waals surface area contributed by atoms with Crippen molar-refractivity contribution in [2.75, 3.05) is 11.9 Å². The minimum Gasteiger partial charge on any atom is -0.461 e. The van der Waals surface area contributed by atoms with Gasteiger partial charge in [0.05, 0.1) is 24.2 Å². The van der Waals surface area contributed by atoms with Gasteiger partial charge in [0.1, 0.15) is 12.2 Å².